The molecular formula is C15H23NO2S. The predicted octanol–water partition coefficient (Wildman–Crippen LogP) is 3.48. The van der Waals surface area contributed by atoms with E-state index in [4.69, 9.17) is 27.4 Å². The molecule has 4 heteroatoms. The summed E-state index contributed by atoms with van der Waals surface area (Å²) in [5.74, 6) is 1.63. The van der Waals surface area contributed by atoms with Crippen LogP contribution in [-0.2, 0) is 6.42 Å². The molecular weight excluding hydrogens is 258 g/mol. The SMILES string of the molecule is CCCOc1ccc(CCC(N)=S)cc1OCCC. The molecule has 0 bridgehead atoms. The predicted molar refractivity (Wildman–Crippen MR) is 83.1 cm³/mol. The molecule has 1 rings (SSSR count). The number of hydrogen-bond donors (Lipinski definition) is 1. The number of aryl methyl sites for hydroxylation is 1. The minimum Gasteiger partial charge on any atom is -0.490 e. The van der Waals surface area contributed by atoms with Crippen LogP contribution in [0.25, 0.3) is 0 Å². The van der Waals surface area contributed by atoms with E-state index in [-0.39, 0.29) is 0 Å². The molecule has 0 aliphatic carbocycles. The first-order chi connectivity index (χ1) is 9.17. The smallest absolute Gasteiger partial charge is 0.161 e. The van der Waals surface area contributed by atoms with E-state index in [1.54, 1.807) is 0 Å². The van der Waals surface area contributed by atoms with Crippen molar-refractivity contribution in [1.29, 1.82) is 0 Å². The summed E-state index contributed by atoms with van der Waals surface area (Å²) in [7, 11) is 0. The Kier molecular flexibility index (Phi) is 7.26. The molecule has 0 aliphatic heterocycles. The lowest BCUT2D eigenvalue weighted by molar-refractivity contribution is 0.268. The van der Waals surface area contributed by atoms with Crippen LogP contribution in [0.4, 0.5) is 0 Å². The van der Waals surface area contributed by atoms with E-state index in [9.17, 15) is 0 Å². The number of thiocarbonyl (C=S) groups is 1. The number of nitrogens with two attached hydrogens (primary N) is 1. The first-order valence-corrected chi connectivity index (χ1v) is 7.25. The largest absolute Gasteiger partial charge is 0.490 e. The van der Waals surface area contributed by atoms with Crippen molar-refractivity contribution in [3.63, 3.8) is 0 Å². The summed E-state index contributed by atoms with van der Waals surface area (Å²) in [6.45, 7) is 5.57. The molecule has 0 atom stereocenters. The zero-order valence-electron chi connectivity index (χ0n) is 11.8. The van der Waals surface area contributed by atoms with Gasteiger partial charge in [0.1, 0.15) is 0 Å². The van der Waals surface area contributed by atoms with Crippen molar-refractivity contribution in [3.8, 4) is 11.5 Å². The highest BCUT2D eigenvalue weighted by Crippen LogP contribution is 2.29. The average molecular weight is 281 g/mol. The van der Waals surface area contributed by atoms with Crippen molar-refractivity contribution in [2.24, 2.45) is 5.73 Å². The van der Waals surface area contributed by atoms with E-state index in [0.717, 1.165) is 37.2 Å². The summed E-state index contributed by atoms with van der Waals surface area (Å²) in [5, 5.41) is 0. The maximum Gasteiger partial charge on any atom is 0.161 e. The molecule has 0 saturated carbocycles. The summed E-state index contributed by atoms with van der Waals surface area (Å²) in [4.78, 5) is 0.544. The molecule has 0 fully saturated rings. The lowest BCUT2D eigenvalue weighted by atomic mass is 10.1. The van der Waals surface area contributed by atoms with Gasteiger partial charge in [-0.2, -0.15) is 0 Å². The minimum absolute atomic E-state index is 0.544. The van der Waals surface area contributed by atoms with Crippen molar-refractivity contribution in [3.05, 3.63) is 23.8 Å². The summed E-state index contributed by atoms with van der Waals surface area (Å²) in [6.07, 6.45) is 3.52. The van der Waals surface area contributed by atoms with Gasteiger partial charge in [-0.05, 0) is 37.0 Å². The van der Waals surface area contributed by atoms with Gasteiger partial charge < -0.3 is 15.2 Å². The van der Waals surface area contributed by atoms with E-state index < -0.39 is 0 Å². The van der Waals surface area contributed by atoms with Crippen LogP contribution in [0.2, 0.25) is 0 Å². The second-order valence-corrected chi connectivity index (χ2v) is 4.97. The Labute approximate surface area is 121 Å². The van der Waals surface area contributed by atoms with Gasteiger partial charge >= 0.3 is 0 Å². The van der Waals surface area contributed by atoms with Gasteiger partial charge in [0.15, 0.2) is 11.5 Å². The molecule has 0 aromatic heterocycles. The molecule has 0 spiro atoms. The highest BCUT2D eigenvalue weighted by molar-refractivity contribution is 7.80. The fourth-order valence-corrected chi connectivity index (χ4v) is 1.73. The van der Waals surface area contributed by atoms with E-state index in [1.807, 2.05) is 18.2 Å². The Bertz CT molecular complexity index is 407. The quantitative estimate of drug-likeness (QED) is 0.704. The monoisotopic (exact) mass is 281 g/mol. The number of rotatable bonds is 9. The maximum absolute atomic E-state index is 5.74. The molecule has 2 N–H and O–H groups in total. The normalized spacial score (nSPS) is 10.2. The van der Waals surface area contributed by atoms with Crippen molar-refractivity contribution in [2.75, 3.05) is 13.2 Å². The van der Waals surface area contributed by atoms with Gasteiger partial charge in [0.05, 0.1) is 18.2 Å². The molecule has 0 heterocycles. The Morgan fingerprint density at radius 3 is 2.32 bits per heavy atom. The van der Waals surface area contributed by atoms with Crippen LogP contribution in [0.3, 0.4) is 0 Å². The van der Waals surface area contributed by atoms with E-state index in [2.05, 4.69) is 13.8 Å². The van der Waals surface area contributed by atoms with Crippen molar-refractivity contribution < 1.29 is 9.47 Å². The van der Waals surface area contributed by atoms with Gasteiger partial charge in [0.2, 0.25) is 0 Å². The molecule has 1 aromatic carbocycles. The van der Waals surface area contributed by atoms with Crippen LogP contribution in [0.15, 0.2) is 18.2 Å². The topological polar surface area (TPSA) is 44.5 Å². The van der Waals surface area contributed by atoms with Crippen molar-refractivity contribution >= 4 is 17.2 Å². The second kappa shape index (κ2) is 8.75. The van der Waals surface area contributed by atoms with Crippen LogP contribution in [0.5, 0.6) is 11.5 Å². The summed E-state index contributed by atoms with van der Waals surface area (Å²) >= 11 is 4.90. The standard InChI is InChI=1S/C15H23NO2S/c1-3-9-17-13-7-5-12(6-8-15(16)19)11-14(13)18-10-4-2/h5,7,11H,3-4,6,8-10H2,1-2H3,(H2,16,19). The third-order valence-corrected chi connectivity index (χ3v) is 2.80. The maximum atomic E-state index is 5.74. The molecule has 0 amide bonds. The van der Waals surface area contributed by atoms with Crippen LogP contribution in [0.1, 0.15) is 38.7 Å². The molecule has 3 nitrogen and oxygen atoms in total. The first-order valence-electron chi connectivity index (χ1n) is 6.84. The van der Waals surface area contributed by atoms with Gasteiger partial charge in [-0.15, -0.1) is 0 Å². The van der Waals surface area contributed by atoms with Gasteiger partial charge in [0, 0.05) is 6.42 Å². The van der Waals surface area contributed by atoms with E-state index in [1.165, 1.54) is 5.56 Å². The Balaban J connectivity index is 2.77. The van der Waals surface area contributed by atoms with Crippen LogP contribution in [0, 0.1) is 0 Å². The molecule has 1 aromatic rings. The van der Waals surface area contributed by atoms with Crippen LogP contribution >= 0.6 is 12.2 Å². The fourth-order valence-electron chi connectivity index (χ4n) is 1.63. The third kappa shape index (κ3) is 5.92. The fraction of sp³-hybridized carbons (Fsp3) is 0.533. The highest BCUT2D eigenvalue weighted by Gasteiger charge is 2.07. The van der Waals surface area contributed by atoms with Crippen LogP contribution in [-0.4, -0.2) is 18.2 Å². The molecule has 19 heavy (non-hydrogen) atoms. The summed E-state index contributed by atoms with van der Waals surface area (Å²) < 4.78 is 11.4. The lowest BCUT2D eigenvalue weighted by Crippen LogP contribution is -2.08. The van der Waals surface area contributed by atoms with Gasteiger partial charge in [-0.1, -0.05) is 32.1 Å². The zero-order valence-corrected chi connectivity index (χ0v) is 12.6. The number of ether oxygens (including phenoxy) is 2. The molecule has 0 unspecified atom stereocenters. The van der Waals surface area contributed by atoms with Gasteiger partial charge in [-0.25, -0.2) is 0 Å². The average Bonchev–Trinajstić information content (AvgIpc) is 2.41. The van der Waals surface area contributed by atoms with E-state index in [0.29, 0.717) is 18.2 Å². The molecule has 106 valence electrons. The Hall–Kier alpha value is -1.29. The third-order valence-electron chi connectivity index (χ3n) is 2.59. The summed E-state index contributed by atoms with van der Waals surface area (Å²) in [6, 6.07) is 6.04. The highest BCUT2D eigenvalue weighted by atomic mass is 32.1. The van der Waals surface area contributed by atoms with Crippen molar-refractivity contribution in [2.45, 2.75) is 39.5 Å². The minimum atomic E-state index is 0.544. The Morgan fingerprint density at radius 2 is 1.74 bits per heavy atom. The van der Waals surface area contributed by atoms with Gasteiger partial charge in [-0.3, -0.25) is 0 Å². The Morgan fingerprint density at radius 1 is 1.11 bits per heavy atom. The number of hydrogen-bond acceptors (Lipinski definition) is 3. The zero-order chi connectivity index (χ0) is 14.1. The van der Waals surface area contributed by atoms with Gasteiger partial charge in [0.25, 0.3) is 0 Å². The van der Waals surface area contributed by atoms with Crippen LogP contribution < -0.4 is 15.2 Å². The van der Waals surface area contributed by atoms with Crippen molar-refractivity contribution in [1.82, 2.24) is 0 Å². The number of benzene rings is 1. The lowest BCUT2D eigenvalue weighted by Gasteiger charge is -2.13. The molecule has 0 saturated heterocycles. The second-order valence-electron chi connectivity index (χ2n) is 4.44. The molecule has 0 radical (unpaired) electrons. The molecule has 0 aliphatic rings. The van der Waals surface area contributed by atoms with E-state index >= 15 is 0 Å². The summed E-state index contributed by atoms with van der Waals surface area (Å²) in [5.41, 5.74) is 6.70. The first kappa shape index (κ1) is 15.8.